The predicted molar refractivity (Wildman–Crippen MR) is 83.0 cm³/mol. The second-order valence-corrected chi connectivity index (χ2v) is 6.51. The molecular weight excluding hydrogens is 293 g/mol. The number of hydrogen-bond donors (Lipinski definition) is 0. The zero-order valence-corrected chi connectivity index (χ0v) is 13.4. The van der Waals surface area contributed by atoms with Crippen LogP contribution in [0, 0.1) is 11.3 Å². The predicted octanol–water partition coefficient (Wildman–Crippen LogP) is 3.41. The largest absolute Gasteiger partial charge is 0.296 e. The van der Waals surface area contributed by atoms with Gasteiger partial charge >= 0.3 is 0 Å². The molecule has 1 fully saturated rings. The van der Waals surface area contributed by atoms with Crippen LogP contribution in [0.3, 0.4) is 0 Å². The fourth-order valence-corrected chi connectivity index (χ4v) is 2.81. The molecular formula is C15H19Cl2N3. The lowest BCUT2D eigenvalue weighted by atomic mass is 10.0. The lowest BCUT2D eigenvalue weighted by Gasteiger charge is -2.40. The first kappa shape index (κ1) is 15.6. The van der Waals surface area contributed by atoms with Crippen molar-refractivity contribution < 1.29 is 0 Å². The van der Waals surface area contributed by atoms with Crippen LogP contribution in [0.15, 0.2) is 18.2 Å². The van der Waals surface area contributed by atoms with Gasteiger partial charge in [0, 0.05) is 42.8 Å². The van der Waals surface area contributed by atoms with Crippen molar-refractivity contribution in [3.63, 3.8) is 0 Å². The number of hydrogen-bond acceptors (Lipinski definition) is 3. The zero-order chi connectivity index (χ0) is 14.8. The van der Waals surface area contributed by atoms with E-state index in [1.54, 1.807) is 6.07 Å². The summed E-state index contributed by atoms with van der Waals surface area (Å²) >= 11 is 12.2. The van der Waals surface area contributed by atoms with E-state index in [1.807, 2.05) is 26.0 Å². The van der Waals surface area contributed by atoms with Gasteiger partial charge in [0.25, 0.3) is 0 Å². The molecule has 1 aromatic carbocycles. The SMILES string of the molecule is CC(C)(C#N)N1CCN(Cc2cc(Cl)ccc2Cl)CC1. The van der Waals surface area contributed by atoms with E-state index in [2.05, 4.69) is 15.9 Å². The van der Waals surface area contributed by atoms with Crippen molar-refractivity contribution in [3.05, 3.63) is 33.8 Å². The highest BCUT2D eigenvalue weighted by Crippen LogP contribution is 2.23. The summed E-state index contributed by atoms with van der Waals surface area (Å²) in [6, 6.07) is 7.93. The van der Waals surface area contributed by atoms with Crippen molar-refractivity contribution in [1.82, 2.24) is 9.80 Å². The van der Waals surface area contributed by atoms with Crippen LogP contribution in [-0.2, 0) is 6.54 Å². The Morgan fingerprint density at radius 3 is 2.45 bits per heavy atom. The van der Waals surface area contributed by atoms with Crippen LogP contribution in [-0.4, -0.2) is 41.5 Å². The Bertz CT molecular complexity index is 514. The van der Waals surface area contributed by atoms with Crippen LogP contribution in [0.2, 0.25) is 10.0 Å². The van der Waals surface area contributed by atoms with E-state index in [0.29, 0.717) is 5.02 Å². The average molecular weight is 312 g/mol. The Morgan fingerprint density at radius 1 is 1.20 bits per heavy atom. The summed E-state index contributed by atoms with van der Waals surface area (Å²) in [7, 11) is 0. The van der Waals surface area contributed by atoms with E-state index in [9.17, 15) is 5.26 Å². The van der Waals surface area contributed by atoms with Gasteiger partial charge in [-0.05, 0) is 37.6 Å². The third kappa shape index (κ3) is 3.65. The first-order valence-electron chi connectivity index (χ1n) is 6.75. The molecule has 0 saturated carbocycles. The maximum atomic E-state index is 9.18. The summed E-state index contributed by atoms with van der Waals surface area (Å²) in [5.41, 5.74) is 0.673. The van der Waals surface area contributed by atoms with Gasteiger partial charge in [0.15, 0.2) is 0 Å². The standard InChI is InChI=1S/C15H19Cl2N3/c1-15(2,11-18)20-7-5-19(6-8-20)10-12-9-13(16)3-4-14(12)17/h3-4,9H,5-8,10H2,1-2H3. The highest BCUT2D eigenvalue weighted by Gasteiger charge is 2.29. The van der Waals surface area contributed by atoms with E-state index in [1.165, 1.54) is 0 Å². The van der Waals surface area contributed by atoms with Gasteiger partial charge in [-0.15, -0.1) is 0 Å². The third-order valence-electron chi connectivity index (χ3n) is 3.84. The van der Waals surface area contributed by atoms with Crippen LogP contribution >= 0.6 is 23.2 Å². The minimum atomic E-state index is -0.389. The molecule has 0 aliphatic carbocycles. The highest BCUT2D eigenvalue weighted by atomic mass is 35.5. The number of rotatable bonds is 3. The van der Waals surface area contributed by atoms with E-state index < -0.39 is 0 Å². The molecule has 1 saturated heterocycles. The van der Waals surface area contributed by atoms with E-state index in [-0.39, 0.29) is 5.54 Å². The summed E-state index contributed by atoms with van der Waals surface area (Å²) in [4.78, 5) is 4.57. The van der Waals surface area contributed by atoms with E-state index >= 15 is 0 Å². The fourth-order valence-electron chi connectivity index (χ4n) is 2.44. The highest BCUT2D eigenvalue weighted by molar-refractivity contribution is 6.33. The summed E-state index contributed by atoms with van der Waals surface area (Å²) < 4.78 is 0. The molecule has 0 N–H and O–H groups in total. The van der Waals surface area contributed by atoms with Crippen molar-refractivity contribution in [1.29, 1.82) is 5.26 Å². The molecule has 1 aliphatic heterocycles. The van der Waals surface area contributed by atoms with Gasteiger partial charge < -0.3 is 0 Å². The third-order valence-corrected chi connectivity index (χ3v) is 4.44. The first-order valence-corrected chi connectivity index (χ1v) is 7.50. The molecule has 0 unspecified atom stereocenters. The Labute approximate surface area is 130 Å². The molecule has 5 heteroatoms. The van der Waals surface area contributed by atoms with Crippen LogP contribution in [0.25, 0.3) is 0 Å². The summed E-state index contributed by atoms with van der Waals surface area (Å²) in [6.07, 6.45) is 0. The minimum Gasteiger partial charge on any atom is -0.296 e. The minimum absolute atomic E-state index is 0.389. The second kappa shape index (κ2) is 6.32. The zero-order valence-electron chi connectivity index (χ0n) is 11.9. The number of halogens is 2. The van der Waals surface area contributed by atoms with Crippen molar-refractivity contribution in [2.24, 2.45) is 0 Å². The molecule has 20 heavy (non-hydrogen) atoms. The maximum absolute atomic E-state index is 9.18. The molecule has 0 radical (unpaired) electrons. The van der Waals surface area contributed by atoms with Gasteiger partial charge in [0.05, 0.1) is 6.07 Å². The molecule has 1 aromatic rings. The summed E-state index contributed by atoms with van der Waals surface area (Å²) in [6.45, 7) is 8.42. The second-order valence-electron chi connectivity index (χ2n) is 5.67. The molecule has 3 nitrogen and oxygen atoms in total. The first-order chi connectivity index (χ1) is 9.42. The van der Waals surface area contributed by atoms with Crippen molar-refractivity contribution in [3.8, 4) is 6.07 Å². The maximum Gasteiger partial charge on any atom is 0.103 e. The topological polar surface area (TPSA) is 30.3 Å². The number of nitrogens with zero attached hydrogens (tertiary/aromatic N) is 3. The molecule has 0 amide bonds. The summed E-state index contributed by atoms with van der Waals surface area (Å²) in [5, 5.41) is 10.7. The molecule has 1 heterocycles. The van der Waals surface area contributed by atoms with Crippen LogP contribution in [0.4, 0.5) is 0 Å². The van der Waals surface area contributed by atoms with Crippen LogP contribution < -0.4 is 0 Å². The van der Waals surface area contributed by atoms with Crippen LogP contribution in [0.5, 0.6) is 0 Å². The van der Waals surface area contributed by atoms with Gasteiger partial charge in [0.1, 0.15) is 5.54 Å². The number of benzene rings is 1. The van der Waals surface area contributed by atoms with E-state index in [4.69, 9.17) is 23.2 Å². The van der Waals surface area contributed by atoms with Crippen molar-refractivity contribution >= 4 is 23.2 Å². The van der Waals surface area contributed by atoms with Crippen molar-refractivity contribution in [2.75, 3.05) is 26.2 Å². The quantitative estimate of drug-likeness (QED) is 0.857. The molecule has 0 spiro atoms. The molecule has 108 valence electrons. The lowest BCUT2D eigenvalue weighted by Crippen LogP contribution is -2.53. The molecule has 0 bridgehead atoms. The Balaban J connectivity index is 1.95. The van der Waals surface area contributed by atoms with Gasteiger partial charge in [0.2, 0.25) is 0 Å². The van der Waals surface area contributed by atoms with Crippen molar-refractivity contribution in [2.45, 2.75) is 25.9 Å². The monoisotopic (exact) mass is 311 g/mol. The smallest absolute Gasteiger partial charge is 0.103 e. The lowest BCUT2D eigenvalue weighted by molar-refractivity contribution is 0.0764. The van der Waals surface area contributed by atoms with Gasteiger partial charge in [-0.2, -0.15) is 5.26 Å². The Hall–Kier alpha value is -0.790. The average Bonchev–Trinajstić information content (AvgIpc) is 2.43. The van der Waals surface area contributed by atoms with Gasteiger partial charge in [-0.3, -0.25) is 9.80 Å². The van der Waals surface area contributed by atoms with E-state index in [0.717, 1.165) is 43.3 Å². The van der Waals surface area contributed by atoms with Gasteiger partial charge in [-0.25, -0.2) is 0 Å². The summed E-state index contributed by atoms with van der Waals surface area (Å²) in [5.74, 6) is 0. The molecule has 0 atom stereocenters. The van der Waals surface area contributed by atoms with Crippen LogP contribution in [0.1, 0.15) is 19.4 Å². The Kier molecular flexibility index (Phi) is 4.93. The number of piperazine rings is 1. The number of nitriles is 1. The molecule has 0 aromatic heterocycles. The fraction of sp³-hybridized carbons (Fsp3) is 0.533. The van der Waals surface area contributed by atoms with Gasteiger partial charge in [-0.1, -0.05) is 23.2 Å². The molecule has 2 rings (SSSR count). The normalized spacial score (nSPS) is 17.9. The Morgan fingerprint density at radius 2 is 1.85 bits per heavy atom. The molecule has 1 aliphatic rings.